The van der Waals surface area contributed by atoms with Crippen molar-refractivity contribution in [1.29, 1.82) is 0 Å². The molecule has 166 valence electrons. The van der Waals surface area contributed by atoms with Gasteiger partial charge in [-0.25, -0.2) is 8.42 Å². The molecule has 0 spiro atoms. The van der Waals surface area contributed by atoms with Crippen LogP contribution in [0.2, 0.25) is 5.02 Å². The van der Waals surface area contributed by atoms with Crippen molar-refractivity contribution in [3.05, 3.63) is 57.9 Å². The number of hydrogen-bond donors (Lipinski definition) is 0. The fraction of sp³-hybridized carbons (Fsp3) is 0.304. The number of fused-ring (bicyclic) bond motifs is 1. The Morgan fingerprint density at radius 3 is 2.44 bits per heavy atom. The maximum absolute atomic E-state index is 12.9. The van der Waals surface area contributed by atoms with E-state index in [0.29, 0.717) is 28.5 Å². The van der Waals surface area contributed by atoms with E-state index in [2.05, 4.69) is 10.9 Å². The summed E-state index contributed by atoms with van der Waals surface area (Å²) in [5.41, 5.74) is 1.16. The quantitative estimate of drug-likeness (QED) is 0.515. The number of halogens is 1. The van der Waals surface area contributed by atoms with Crippen LogP contribution in [-0.2, 0) is 16.6 Å². The number of benzene rings is 2. The summed E-state index contributed by atoms with van der Waals surface area (Å²) in [5.74, 6) is 2.12. The predicted molar refractivity (Wildman–Crippen MR) is 127 cm³/mol. The zero-order valence-electron chi connectivity index (χ0n) is 17.3. The van der Waals surface area contributed by atoms with Gasteiger partial charge in [-0.1, -0.05) is 41.7 Å². The van der Waals surface area contributed by atoms with E-state index in [-0.39, 0.29) is 11.4 Å². The summed E-state index contributed by atoms with van der Waals surface area (Å²) in [6.45, 7) is 1.33. The van der Waals surface area contributed by atoms with Crippen LogP contribution in [0.15, 0.2) is 52.4 Å². The molecule has 4 rings (SSSR count). The maximum Gasteiger partial charge on any atom is 0.279 e. The second kappa shape index (κ2) is 9.59. The molecule has 1 saturated heterocycles. The zero-order valence-corrected chi connectivity index (χ0v) is 19.7. The minimum absolute atomic E-state index is 0.190. The van der Waals surface area contributed by atoms with Crippen LogP contribution in [0.5, 0.6) is 0 Å². The van der Waals surface area contributed by atoms with Crippen LogP contribution in [0, 0.1) is 12.3 Å². The lowest BCUT2D eigenvalue weighted by molar-refractivity contribution is 0.0998. The molecule has 1 aliphatic rings. The van der Waals surface area contributed by atoms with Crippen LogP contribution in [-0.4, -0.2) is 36.3 Å². The fourth-order valence-corrected chi connectivity index (χ4v) is 6.55. The standard InChI is InChI=1S/C23H22ClN3O3S2/c1-2-13-27-20-12-9-18(24)16-21(20)31-23(27)25-22(28)17-7-10-19(11-8-17)32(29,30)26-14-5-3-4-6-15-26/h1,7-12,16H,3-6,13-15H2. The number of amides is 1. The van der Waals surface area contributed by atoms with Gasteiger partial charge in [-0.15, -0.1) is 6.42 Å². The number of aromatic nitrogens is 1. The smallest absolute Gasteiger partial charge is 0.279 e. The first kappa shape index (κ1) is 22.7. The van der Waals surface area contributed by atoms with Crippen molar-refractivity contribution in [3.8, 4) is 12.3 Å². The van der Waals surface area contributed by atoms with Crippen molar-refractivity contribution >= 4 is 49.1 Å². The Morgan fingerprint density at radius 2 is 1.78 bits per heavy atom. The molecule has 0 unspecified atom stereocenters. The minimum atomic E-state index is -3.57. The third-order valence-electron chi connectivity index (χ3n) is 5.40. The summed E-state index contributed by atoms with van der Waals surface area (Å²) >= 11 is 7.40. The van der Waals surface area contributed by atoms with Crippen LogP contribution in [0.25, 0.3) is 10.2 Å². The van der Waals surface area contributed by atoms with Gasteiger partial charge >= 0.3 is 0 Å². The Labute approximate surface area is 196 Å². The zero-order chi connectivity index (χ0) is 22.7. The summed E-state index contributed by atoms with van der Waals surface area (Å²) in [6, 6.07) is 11.4. The topological polar surface area (TPSA) is 71.7 Å². The molecular weight excluding hydrogens is 466 g/mol. The summed E-state index contributed by atoms with van der Waals surface area (Å²) in [7, 11) is -3.57. The molecule has 32 heavy (non-hydrogen) atoms. The van der Waals surface area contributed by atoms with E-state index >= 15 is 0 Å². The second-order valence-electron chi connectivity index (χ2n) is 7.55. The number of carbonyl (C=O) groups excluding carboxylic acids is 1. The Hall–Kier alpha value is -2.44. The molecule has 0 radical (unpaired) electrons. The largest absolute Gasteiger partial charge is 0.305 e. The van der Waals surface area contributed by atoms with E-state index in [4.69, 9.17) is 18.0 Å². The maximum atomic E-state index is 12.9. The third-order valence-corrected chi connectivity index (χ3v) is 8.58. The van der Waals surface area contributed by atoms with E-state index in [1.807, 2.05) is 6.07 Å². The number of carbonyl (C=O) groups is 1. The number of sulfonamides is 1. The van der Waals surface area contributed by atoms with Crippen molar-refractivity contribution in [2.75, 3.05) is 13.1 Å². The number of nitrogens with zero attached hydrogens (tertiary/aromatic N) is 3. The summed E-state index contributed by atoms with van der Waals surface area (Å²) in [6.07, 6.45) is 9.33. The van der Waals surface area contributed by atoms with E-state index in [1.165, 1.54) is 39.9 Å². The van der Waals surface area contributed by atoms with Crippen molar-refractivity contribution in [1.82, 2.24) is 8.87 Å². The van der Waals surface area contributed by atoms with Crippen LogP contribution in [0.3, 0.4) is 0 Å². The molecule has 0 saturated carbocycles. The number of rotatable bonds is 4. The fourth-order valence-electron chi connectivity index (χ4n) is 3.73. The normalized spacial score (nSPS) is 16.1. The molecule has 1 aliphatic heterocycles. The van der Waals surface area contributed by atoms with Gasteiger partial charge in [-0.05, 0) is 55.3 Å². The highest BCUT2D eigenvalue weighted by molar-refractivity contribution is 7.89. The SMILES string of the molecule is C#CCn1c(=NC(=O)c2ccc(S(=O)(=O)N3CCCCCC3)cc2)sc2cc(Cl)ccc21. The highest BCUT2D eigenvalue weighted by Crippen LogP contribution is 2.23. The first-order chi connectivity index (χ1) is 15.4. The van der Waals surface area contributed by atoms with Gasteiger partial charge in [0, 0.05) is 23.7 Å². The van der Waals surface area contributed by atoms with Crippen LogP contribution < -0.4 is 4.80 Å². The Kier molecular flexibility index (Phi) is 6.82. The molecule has 6 nitrogen and oxygen atoms in total. The summed E-state index contributed by atoms with van der Waals surface area (Å²) in [5, 5.41) is 0.589. The molecule has 1 fully saturated rings. The number of thiazole rings is 1. The van der Waals surface area contributed by atoms with Gasteiger partial charge in [0.1, 0.15) is 0 Å². The molecule has 2 heterocycles. The van der Waals surface area contributed by atoms with Crippen molar-refractivity contribution < 1.29 is 13.2 Å². The molecule has 1 aromatic heterocycles. The van der Waals surface area contributed by atoms with Gasteiger partial charge in [0.2, 0.25) is 10.0 Å². The number of terminal acetylenes is 1. The molecule has 3 aromatic rings. The Morgan fingerprint density at radius 1 is 1.09 bits per heavy atom. The van der Waals surface area contributed by atoms with Crippen LogP contribution >= 0.6 is 22.9 Å². The monoisotopic (exact) mass is 487 g/mol. The van der Waals surface area contributed by atoms with Crippen molar-refractivity contribution in [2.45, 2.75) is 37.1 Å². The van der Waals surface area contributed by atoms with E-state index < -0.39 is 15.9 Å². The first-order valence-corrected chi connectivity index (χ1v) is 13.0. The van der Waals surface area contributed by atoms with Crippen molar-refractivity contribution in [3.63, 3.8) is 0 Å². The molecule has 2 aromatic carbocycles. The molecular formula is C23H22ClN3O3S2. The average Bonchev–Trinajstić information content (AvgIpc) is 2.95. The minimum Gasteiger partial charge on any atom is -0.305 e. The van der Waals surface area contributed by atoms with Gasteiger partial charge in [-0.2, -0.15) is 9.30 Å². The molecule has 0 bridgehead atoms. The van der Waals surface area contributed by atoms with Gasteiger partial charge in [-0.3, -0.25) is 4.79 Å². The molecule has 1 amide bonds. The van der Waals surface area contributed by atoms with E-state index in [0.717, 1.165) is 35.9 Å². The average molecular weight is 488 g/mol. The number of hydrogen-bond acceptors (Lipinski definition) is 4. The second-order valence-corrected chi connectivity index (χ2v) is 10.9. The summed E-state index contributed by atoms with van der Waals surface area (Å²) in [4.78, 5) is 17.7. The first-order valence-electron chi connectivity index (χ1n) is 10.3. The van der Waals surface area contributed by atoms with Gasteiger partial charge in [0.05, 0.1) is 21.7 Å². The molecule has 0 atom stereocenters. The van der Waals surface area contributed by atoms with Gasteiger partial charge < -0.3 is 4.57 Å². The lowest BCUT2D eigenvalue weighted by Gasteiger charge is -2.19. The predicted octanol–water partition coefficient (Wildman–Crippen LogP) is 4.30. The molecule has 9 heteroatoms. The molecule has 0 N–H and O–H groups in total. The summed E-state index contributed by atoms with van der Waals surface area (Å²) < 4.78 is 30.1. The third kappa shape index (κ3) is 4.66. The lowest BCUT2D eigenvalue weighted by atomic mass is 10.2. The van der Waals surface area contributed by atoms with Crippen LogP contribution in [0.1, 0.15) is 36.0 Å². The van der Waals surface area contributed by atoms with E-state index in [9.17, 15) is 13.2 Å². The Bertz CT molecular complexity index is 1360. The van der Waals surface area contributed by atoms with Crippen molar-refractivity contribution in [2.24, 2.45) is 4.99 Å². The van der Waals surface area contributed by atoms with Gasteiger partial charge in [0.25, 0.3) is 5.91 Å². The highest BCUT2D eigenvalue weighted by atomic mass is 35.5. The Balaban J connectivity index is 1.64. The lowest BCUT2D eigenvalue weighted by Crippen LogP contribution is -2.31. The van der Waals surface area contributed by atoms with Crippen LogP contribution in [0.4, 0.5) is 0 Å². The molecule has 0 aliphatic carbocycles. The van der Waals surface area contributed by atoms with Gasteiger partial charge in [0.15, 0.2) is 4.80 Å². The highest BCUT2D eigenvalue weighted by Gasteiger charge is 2.25. The van der Waals surface area contributed by atoms with E-state index in [1.54, 1.807) is 16.7 Å².